The van der Waals surface area contributed by atoms with Gasteiger partial charge in [0.05, 0.1) is 6.42 Å². The fraction of sp³-hybridized carbons (Fsp3) is 0.638. The average molecular weight is 737 g/mol. The molecule has 0 radical (unpaired) electrons. The molecular weight excluding hydrogens is 661 g/mol. The van der Waals surface area contributed by atoms with E-state index in [9.17, 15) is 14.4 Å². The highest BCUT2D eigenvalue weighted by atomic mass is 16.6. The van der Waals surface area contributed by atoms with Crippen molar-refractivity contribution in [2.45, 2.75) is 181 Å². The summed E-state index contributed by atoms with van der Waals surface area (Å²) in [5.74, 6) is -1.23. The molecule has 0 N–H and O–H groups in total. The highest BCUT2D eigenvalue weighted by Gasteiger charge is 2.19. The van der Waals surface area contributed by atoms with Gasteiger partial charge in [-0.3, -0.25) is 14.4 Å². The highest BCUT2D eigenvalue weighted by molar-refractivity contribution is 5.72. The lowest BCUT2D eigenvalue weighted by atomic mass is 10.1. The maximum Gasteiger partial charge on any atom is 0.309 e. The SMILES string of the molecule is CC/C=C\C/C=C\C/C=C\CC(=O)OCC(COC(=O)CC/C=C\C/C=C\CCCCCCCC)OC(=O)CC/C=C\C/C=C\CCCCCCCC. The standard InChI is InChI=1S/C47H76O6/c1-4-7-10-13-16-19-21-23-25-28-31-34-37-40-46(49)52-43-44(42-51-45(48)39-36-33-30-27-18-15-12-9-6-3)53-47(50)41-38-35-32-29-26-24-22-20-17-14-11-8-5-2/h9,12,18,23-27,31-36,44H,4-8,10-11,13-17,19-22,28-30,37-43H2,1-3H3/b12-9-,25-23-,26-24-,27-18-,34-31-,35-32-,36-33-. The Labute approximate surface area is 325 Å². The fourth-order valence-electron chi connectivity index (χ4n) is 5.25. The number of carbonyl (C=O) groups excluding carboxylic acids is 3. The van der Waals surface area contributed by atoms with Gasteiger partial charge >= 0.3 is 17.9 Å². The van der Waals surface area contributed by atoms with E-state index in [-0.39, 0.29) is 38.4 Å². The lowest BCUT2D eigenvalue weighted by Gasteiger charge is -2.18. The van der Waals surface area contributed by atoms with Gasteiger partial charge in [0, 0.05) is 12.8 Å². The van der Waals surface area contributed by atoms with Crippen molar-refractivity contribution in [2.24, 2.45) is 0 Å². The Hall–Kier alpha value is -3.41. The number of allylic oxidation sites excluding steroid dienone is 13. The van der Waals surface area contributed by atoms with Crippen LogP contribution in [0.2, 0.25) is 0 Å². The van der Waals surface area contributed by atoms with Crippen LogP contribution in [0, 0.1) is 0 Å². The Kier molecular flexibility index (Phi) is 38.7. The summed E-state index contributed by atoms with van der Waals surface area (Å²) in [4.78, 5) is 37.4. The first-order valence-corrected chi connectivity index (χ1v) is 21.1. The van der Waals surface area contributed by atoms with E-state index < -0.39 is 18.0 Å². The van der Waals surface area contributed by atoms with Gasteiger partial charge in [-0.05, 0) is 70.6 Å². The van der Waals surface area contributed by atoms with E-state index in [2.05, 4.69) is 81.5 Å². The summed E-state index contributed by atoms with van der Waals surface area (Å²) < 4.78 is 16.4. The molecule has 53 heavy (non-hydrogen) atoms. The molecule has 0 saturated carbocycles. The molecule has 0 rings (SSSR count). The minimum atomic E-state index is -0.861. The number of hydrogen-bond donors (Lipinski definition) is 0. The van der Waals surface area contributed by atoms with Gasteiger partial charge in [0.25, 0.3) is 0 Å². The van der Waals surface area contributed by atoms with Gasteiger partial charge < -0.3 is 14.2 Å². The first-order chi connectivity index (χ1) is 26.0. The topological polar surface area (TPSA) is 78.9 Å². The number of rotatable bonds is 36. The smallest absolute Gasteiger partial charge is 0.309 e. The largest absolute Gasteiger partial charge is 0.462 e. The summed E-state index contributed by atoms with van der Waals surface area (Å²) in [6.07, 6.45) is 52.0. The molecule has 1 unspecified atom stereocenters. The number of hydrogen-bond acceptors (Lipinski definition) is 6. The molecule has 0 amide bonds. The molecule has 6 nitrogen and oxygen atoms in total. The zero-order valence-electron chi connectivity index (χ0n) is 34.0. The van der Waals surface area contributed by atoms with Gasteiger partial charge in [-0.15, -0.1) is 0 Å². The Morgan fingerprint density at radius 3 is 1.32 bits per heavy atom. The summed E-state index contributed by atoms with van der Waals surface area (Å²) in [6.45, 7) is 6.26. The minimum Gasteiger partial charge on any atom is -0.462 e. The zero-order valence-corrected chi connectivity index (χ0v) is 34.0. The van der Waals surface area contributed by atoms with Gasteiger partial charge in [-0.1, -0.05) is 170 Å². The van der Waals surface area contributed by atoms with E-state index in [1.807, 2.05) is 18.2 Å². The van der Waals surface area contributed by atoms with E-state index >= 15 is 0 Å². The second-order valence-corrected chi connectivity index (χ2v) is 13.5. The number of carbonyl (C=O) groups is 3. The Morgan fingerprint density at radius 2 is 0.811 bits per heavy atom. The third-order valence-corrected chi connectivity index (χ3v) is 8.41. The van der Waals surface area contributed by atoms with Crippen molar-refractivity contribution < 1.29 is 28.6 Å². The lowest BCUT2D eigenvalue weighted by molar-refractivity contribution is -0.166. The van der Waals surface area contributed by atoms with Crippen LogP contribution in [0.4, 0.5) is 0 Å². The molecule has 0 spiro atoms. The van der Waals surface area contributed by atoms with E-state index in [1.165, 1.54) is 77.0 Å². The summed E-state index contributed by atoms with van der Waals surface area (Å²) in [6, 6.07) is 0. The maximum absolute atomic E-state index is 12.6. The van der Waals surface area contributed by atoms with Crippen LogP contribution in [0.15, 0.2) is 85.1 Å². The van der Waals surface area contributed by atoms with E-state index in [4.69, 9.17) is 14.2 Å². The number of ether oxygens (including phenoxy) is 3. The van der Waals surface area contributed by atoms with Crippen LogP contribution in [-0.4, -0.2) is 37.2 Å². The van der Waals surface area contributed by atoms with Crippen molar-refractivity contribution in [1.29, 1.82) is 0 Å². The van der Waals surface area contributed by atoms with Crippen molar-refractivity contribution in [3.8, 4) is 0 Å². The minimum absolute atomic E-state index is 0.114. The van der Waals surface area contributed by atoms with Crippen LogP contribution in [0.5, 0.6) is 0 Å². The van der Waals surface area contributed by atoms with Crippen molar-refractivity contribution >= 4 is 17.9 Å². The van der Waals surface area contributed by atoms with Crippen LogP contribution in [-0.2, 0) is 28.6 Å². The predicted octanol–water partition coefficient (Wildman–Crippen LogP) is 13.3. The summed E-state index contributed by atoms with van der Waals surface area (Å²) in [5, 5.41) is 0. The first-order valence-electron chi connectivity index (χ1n) is 21.1. The Balaban J connectivity index is 4.62. The average Bonchev–Trinajstić information content (AvgIpc) is 3.15. The van der Waals surface area contributed by atoms with Crippen LogP contribution in [0.3, 0.4) is 0 Å². The maximum atomic E-state index is 12.6. The quantitative estimate of drug-likeness (QED) is 0.0276. The monoisotopic (exact) mass is 737 g/mol. The van der Waals surface area contributed by atoms with Crippen LogP contribution >= 0.6 is 0 Å². The van der Waals surface area contributed by atoms with Gasteiger partial charge in [0.1, 0.15) is 13.2 Å². The predicted molar refractivity (Wildman–Crippen MR) is 224 cm³/mol. The van der Waals surface area contributed by atoms with Gasteiger partial charge in [-0.25, -0.2) is 0 Å². The van der Waals surface area contributed by atoms with E-state index in [0.29, 0.717) is 12.8 Å². The lowest BCUT2D eigenvalue weighted by Crippen LogP contribution is -2.30. The summed E-state index contributed by atoms with van der Waals surface area (Å²) >= 11 is 0. The van der Waals surface area contributed by atoms with Crippen LogP contribution in [0.1, 0.15) is 175 Å². The molecular formula is C47H76O6. The molecule has 0 bridgehead atoms. The Morgan fingerprint density at radius 1 is 0.415 bits per heavy atom. The molecule has 0 aromatic heterocycles. The summed E-state index contributed by atoms with van der Waals surface area (Å²) in [5.41, 5.74) is 0. The molecule has 300 valence electrons. The molecule has 0 aliphatic heterocycles. The highest BCUT2D eigenvalue weighted by Crippen LogP contribution is 2.09. The molecule has 6 heteroatoms. The van der Waals surface area contributed by atoms with Crippen LogP contribution < -0.4 is 0 Å². The second kappa shape index (κ2) is 41.3. The molecule has 0 aliphatic rings. The third kappa shape index (κ3) is 39.6. The Bertz CT molecular complexity index is 1080. The normalized spacial score (nSPS) is 12.9. The van der Waals surface area contributed by atoms with E-state index in [0.717, 1.165) is 44.9 Å². The summed E-state index contributed by atoms with van der Waals surface area (Å²) in [7, 11) is 0. The van der Waals surface area contributed by atoms with Gasteiger partial charge in [0.15, 0.2) is 6.10 Å². The van der Waals surface area contributed by atoms with Crippen LogP contribution in [0.25, 0.3) is 0 Å². The number of esters is 3. The van der Waals surface area contributed by atoms with Crippen molar-refractivity contribution in [3.05, 3.63) is 85.1 Å². The van der Waals surface area contributed by atoms with Crippen molar-refractivity contribution in [2.75, 3.05) is 13.2 Å². The van der Waals surface area contributed by atoms with E-state index in [1.54, 1.807) is 6.08 Å². The molecule has 0 saturated heterocycles. The molecule has 0 aliphatic carbocycles. The first kappa shape index (κ1) is 49.6. The second-order valence-electron chi connectivity index (χ2n) is 13.5. The zero-order chi connectivity index (χ0) is 38.7. The van der Waals surface area contributed by atoms with Gasteiger partial charge in [-0.2, -0.15) is 0 Å². The molecule has 0 aromatic rings. The molecule has 0 heterocycles. The third-order valence-electron chi connectivity index (χ3n) is 8.41. The fourth-order valence-corrected chi connectivity index (χ4v) is 5.25. The number of unbranched alkanes of at least 4 members (excludes halogenated alkanes) is 12. The van der Waals surface area contributed by atoms with Crippen molar-refractivity contribution in [3.63, 3.8) is 0 Å². The van der Waals surface area contributed by atoms with Gasteiger partial charge in [0.2, 0.25) is 0 Å². The molecule has 0 aromatic carbocycles. The van der Waals surface area contributed by atoms with Crippen molar-refractivity contribution in [1.82, 2.24) is 0 Å². The molecule has 1 atom stereocenters. The molecule has 0 fully saturated rings.